The number of fused-ring (bicyclic) bond motifs is 1. The number of carbonyl (C=O) groups is 2. The zero-order valence-electron chi connectivity index (χ0n) is 15.4. The Bertz CT molecular complexity index is 831. The number of nitrogens with one attached hydrogen (secondary N) is 1. The number of rotatable bonds is 6. The third kappa shape index (κ3) is 4.58. The molecule has 6 heteroatoms. The number of benzene rings is 2. The number of methoxy groups -OCH3 is 1. The van der Waals surface area contributed by atoms with Gasteiger partial charge in [-0.05, 0) is 54.3 Å². The van der Waals surface area contributed by atoms with Crippen LogP contribution in [-0.4, -0.2) is 30.7 Å². The predicted molar refractivity (Wildman–Crippen MR) is 101 cm³/mol. The van der Waals surface area contributed by atoms with E-state index in [0.29, 0.717) is 25.1 Å². The molecule has 3 rings (SSSR count). The molecule has 2 aromatic rings. The van der Waals surface area contributed by atoms with Crippen LogP contribution in [0.25, 0.3) is 0 Å². The van der Waals surface area contributed by atoms with Gasteiger partial charge in [0.2, 0.25) is 5.91 Å². The van der Waals surface area contributed by atoms with Gasteiger partial charge >= 0.3 is 5.97 Å². The molecule has 142 valence electrons. The van der Waals surface area contributed by atoms with E-state index in [1.807, 2.05) is 30.3 Å². The third-order valence-corrected chi connectivity index (χ3v) is 4.73. The summed E-state index contributed by atoms with van der Waals surface area (Å²) in [6.07, 6.45) is 1.05. The molecular weight excluding hydrogens is 346 g/mol. The lowest BCUT2D eigenvalue weighted by molar-refractivity contribution is -0.141. The molecule has 1 aliphatic heterocycles. The van der Waals surface area contributed by atoms with E-state index in [1.165, 1.54) is 0 Å². The van der Waals surface area contributed by atoms with Gasteiger partial charge < -0.3 is 19.9 Å². The van der Waals surface area contributed by atoms with Crippen molar-refractivity contribution in [3.63, 3.8) is 0 Å². The van der Waals surface area contributed by atoms with Crippen LogP contribution in [0.3, 0.4) is 0 Å². The molecule has 6 nitrogen and oxygen atoms in total. The number of aliphatic carboxylic acids is 1. The van der Waals surface area contributed by atoms with E-state index in [9.17, 15) is 9.59 Å². The molecule has 0 fully saturated rings. The van der Waals surface area contributed by atoms with Crippen molar-refractivity contribution in [2.45, 2.75) is 19.8 Å². The van der Waals surface area contributed by atoms with Gasteiger partial charge in [-0.25, -0.2) is 0 Å². The van der Waals surface area contributed by atoms with Gasteiger partial charge in [0.15, 0.2) is 0 Å². The highest BCUT2D eigenvalue weighted by Gasteiger charge is 2.26. The molecule has 2 unspecified atom stereocenters. The molecule has 2 aromatic carbocycles. The number of amides is 1. The third-order valence-electron chi connectivity index (χ3n) is 4.73. The number of carbonyl (C=O) groups excluding carboxylic acids is 1. The lowest BCUT2D eigenvalue weighted by Gasteiger charge is -2.25. The minimum absolute atomic E-state index is 0.102. The Morgan fingerprint density at radius 2 is 2.00 bits per heavy atom. The van der Waals surface area contributed by atoms with E-state index < -0.39 is 11.9 Å². The summed E-state index contributed by atoms with van der Waals surface area (Å²) >= 11 is 0. The van der Waals surface area contributed by atoms with E-state index >= 15 is 0 Å². The molecular formula is C21H23NO5. The first kappa shape index (κ1) is 18.8. The second kappa shape index (κ2) is 8.12. The maximum absolute atomic E-state index is 12.6. The van der Waals surface area contributed by atoms with Crippen molar-refractivity contribution in [2.24, 2.45) is 11.8 Å². The number of carboxylic acids is 1. The van der Waals surface area contributed by atoms with Crippen LogP contribution in [0.4, 0.5) is 5.69 Å². The number of hydrogen-bond donors (Lipinski definition) is 2. The normalized spacial score (nSPS) is 16.6. The highest BCUT2D eigenvalue weighted by molar-refractivity contribution is 5.93. The number of anilines is 1. The average molecular weight is 369 g/mol. The Kier molecular flexibility index (Phi) is 5.64. The Morgan fingerprint density at radius 1 is 1.26 bits per heavy atom. The van der Waals surface area contributed by atoms with E-state index in [-0.39, 0.29) is 11.8 Å². The van der Waals surface area contributed by atoms with Gasteiger partial charge in [0.1, 0.15) is 18.1 Å². The summed E-state index contributed by atoms with van der Waals surface area (Å²) in [6.45, 7) is 2.01. The van der Waals surface area contributed by atoms with Crippen LogP contribution in [-0.2, 0) is 22.4 Å². The quantitative estimate of drug-likeness (QED) is 0.817. The first-order valence-corrected chi connectivity index (χ1v) is 8.88. The molecule has 0 radical (unpaired) electrons. The second-order valence-electron chi connectivity index (χ2n) is 6.82. The van der Waals surface area contributed by atoms with Crippen molar-refractivity contribution < 1.29 is 24.2 Å². The van der Waals surface area contributed by atoms with Crippen molar-refractivity contribution in [1.29, 1.82) is 0 Å². The molecule has 1 amide bonds. The topological polar surface area (TPSA) is 84.9 Å². The maximum atomic E-state index is 12.6. The van der Waals surface area contributed by atoms with Crippen molar-refractivity contribution in [3.05, 3.63) is 53.6 Å². The fraction of sp³-hybridized carbons (Fsp3) is 0.333. The summed E-state index contributed by atoms with van der Waals surface area (Å²) in [5.41, 5.74) is 2.56. The van der Waals surface area contributed by atoms with Crippen LogP contribution in [0.1, 0.15) is 18.1 Å². The van der Waals surface area contributed by atoms with Gasteiger partial charge in [-0.2, -0.15) is 0 Å². The zero-order chi connectivity index (χ0) is 19.4. The van der Waals surface area contributed by atoms with Gasteiger partial charge in [-0.3, -0.25) is 9.59 Å². The van der Waals surface area contributed by atoms with Crippen LogP contribution >= 0.6 is 0 Å². The van der Waals surface area contributed by atoms with E-state index in [1.54, 1.807) is 26.2 Å². The molecule has 27 heavy (non-hydrogen) atoms. The van der Waals surface area contributed by atoms with Crippen LogP contribution < -0.4 is 14.8 Å². The van der Waals surface area contributed by atoms with Crippen LogP contribution in [0, 0.1) is 11.8 Å². The monoisotopic (exact) mass is 369 g/mol. The SMILES string of the molecule is COc1ccc2c(c1)CC(C(=O)Nc1ccc(CC(C)C(=O)O)cc1)CO2. The molecule has 0 aromatic heterocycles. The molecule has 0 bridgehead atoms. The van der Waals surface area contributed by atoms with Gasteiger partial charge in [-0.15, -0.1) is 0 Å². The summed E-state index contributed by atoms with van der Waals surface area (Å²) in [6, 6.07) is 12.9. The molecule has 2 N–H and O–H groups in total. The number of ether oxygens (including phenoxy) is 2. The summed E-state index contributed by atoms with van der Waals surface area (Å²) in [5, 5.41) is 11.9. The molecule has 0 spiro atoms. The smallest absolute Gasteiger partial charge is 0.306 e. The first-order chi connectivity index (χ1) is 13.0. The Balaban J connectivity index is 1.61. The van der Waals surface area contributed by atoms with Crippen molar-refractivity contribution in [2.75, 3.05) is 19.0 Å². The molecule has 0 saturated heterocycles. The summed E-state index contributed by atoms with van der Waals surface area (Å²) in [4.78, 5) is 23.5. The summed E-state index contributed by atoms with van der Waals surface area (Å²) in [5.74, 6) is -0.115. The minimum atomic E-state index is -0.818. The van der Waals surface area contributed by atoms with Crippen molar-refractivity contribution >= 4 is 17.6 Å². The molecule has 0 aliphatic carbocycles. The zero-order valence-corrected chi connectivity index (χ0v) is 15.4. The Morgan fingerprint density at radius 3 is 2.67 bits per heavy atom. The first-order valence-electron chi connectivity index (χ1n) is 8.88. The lowest BCUT2D eigenvalue weighted by atomic mass is 9.95. The van der Waals surface area contributed by atoms with Crippen molar-refractivity contribution in [1.82, 2.24) is 0 Å². The Hall–Kier alpha value is -3.02. The largest absolute Gasteiger partial charge is 0.497 e. The maximum Gasteiger partial charge on any atom is 0.306 e. The Labute approximate surface area is 158 Å². The van der Waals surface area contributed by atoms with Gasteiger partial charge in [0, 0.05) is 5.69 Å². The molecule has 0 saturated carbocycles. The fourth-order valence-corrected chi connectivity index (χ4v) is 3.08. The molecule has 2 atom stereocenters. The highest BCUT2D eigenvalue weighted by Crippen LogP contribution is 2.31. The second-order valence-corrected chi connectivity index (χ2v) is 6.82. The van der Waals surface area contributed by atoms with Gasteiger partial charge in [0.25, 0.3) is 0 Å². The van der Waals surface area contributed by atoms with E-state index in [0.717, 1.165) is 22.6 Å². The standard InChI is InChI=1S/C21H23NO5/c1-13(21(24)25)9-14-3-5-17(6-4-14)22-20(23)16-10-15-11-18(26-2)7-8-19(15)27-12-16/h3-8,11,13,16H,9-10,12H2,1-2H3,(H,22,23)(H,24,25). The lowest BCUT2D eigenvalue weighted by Crippen LogP contribution is -2.32. The van der Waals surface area contributed by atoms with Gasteiger partial charge in [0.05, 0.1) is 18.9 Å². The van der Waals surface area contributed by atoms with E-state index in [2.05, 4.69) is 5.32 Å². The number of carboxylic acid groups (broad SMARTS) is 1. The molecule has 1 aliphatic rings. The summed E-state index contributed by atoms with van der Waals surface area (Å²) in [7, 11) is 1.61. The highest BCUT2D eigenvalue weighted by atomic mass is 16.5. The summed E-state index contributed by atoms with van der Waals surface area (Å²) < 4.78 is 10.9. The van der Waals surface area contributed by atoms with Crippen LogP contribution in [0.15, 0.2) is 42.5 Å². The average Bonchev–Trinajstić information content (AvgIpc) is 2.68. The van der Waals surface area contributed by atoms with Crippen molar-refractivity contribution in [3.8, 4) is 11.5 Å². The van der Waals surface area contributed by atoms with Crippen LogP contribution in [0.2, 0.25) is 0 Å². The number of hydrogen-bond acceptors (Lipinski definition) is 4. The van der Waals surface area contributed by atoms with Gasteiger partial charge in [-0.1, -0.05) is 19.1 Å². The van der Waals surface area contributed by atoms with Crippen LogP contribution in [0.5, 0.6) is 11.5 Å². The van der Waals surface area contributed by atoms with E-state index in [4.69, 9.17) is 14.6 Å². The molecule has 1 heterocycles. The fourth-order valence-electron chi connectivity index (χ4n) is 3.08. The predicted octanol–water partition coefficient (Wildman–Crippen LogP) is 3.15. The minimum Gasteiger partial charge on any atom is -0.497 e.